The van der Waals surface area contributed by atoms with Crippen LogP contribution in [0.25, 0.3) is 0 Å². The maximum Gasteiger partial charge on any atom is 0.416 e. The topological polar surface area (TPSA) is 29.1 Å². The Kier molecular flexibility index (Phi) is 2.71. The fraction of sp³-hybridized carbons (Fsp3) is 0.364. The molecule has 1 aromatic rings. The fourth-order valence-corrected chi connectivity index (χ4v) is 1.56. The average Bonchev–Trinajstić information content (AvgIpc) is 2.14. The lowest BCUT2D eigenvalue weighted by atomic mass is 9.92. The number of nitrogens with one attached hydrogen (secondary N) is 1. The molecule has 1 aliphatic rings. The van der Waals surface area contributed by atoms with E-state index >= 15 is 0 Å². The Bertz CT molecular complexity index is 410. The third kappa shape index (κ3) is 2.09. The summed E-state index contributed by atoms with van der Waals surface area (Å²) in [5.74, 6) is -0.395. The predicted octanol–water partition coefficient (Wildman–Crippen LogP) is 2.11. The molecular formula is C11H10F3NO. The van der Waals surface area contributed by atoms with E-state index in [2.05, 4.69) is 5.32 Å². The minimum atomic E-state index is -4.39. The Morgan fingerprint density at radius 1 is 1.31 bits per heavy atom. The van der Waals surface area contributed by atoms with Crippen molar-refractivity contribution in [3.05, 3.63) is 35.4 Å². The van der Waals surface area contributed by atoms with E-state index in [0.717, 1.165) is 12.1 Å². The molecular weight excluding hydrogens is 219 g/mol. The van der Waals surface area contributed by atoms with Crippen molar-refractivity contribution in [3.63, 3.8) is 0 Å². The van der Waals surface area contributed by atoms with Crippen LogP contribution in [0.4, 0.5) is 13.2 Å². The standard InChI is InChI=1S/C11H10F3NO/c12-11(13,14)9-3-1-2-7(4-9)10(16)8-5-15-6-8/h1-4,8,15H,5-6H2. The number of rotatable bonds is 2. The number of carbonyl (C=O) groups is 1. The molecule has 0 amide bonds. The highest BCUT2D eigenvalue weighted by molar-refractivity contribution is 5.98. The van der Waals surface area contributed by atoms with Gasteiger partial charge in [-0.25, -0.2) is 0 Å². The van der Waals surface area contributed by atoms with Crippen molar-refractivity contribution in [1.29, 1.82) is 0 Å². The maximum absolute atomic E-state index is 12.4. The molecule has 1 N–H and O–H groups in total. The van der Waals surface area contributed by atoms with Crippen molar-refractivity contribution in [3.8, 4) is 0 Å². The zero-order valence-electron chi connectivity index (χ0n) is 8.34. The zero-order valence-corrected chi connectivity index (χ0v) is 8.34. The second-order valence-corrected chi connectivity index (χ2v) is 3.80. The van der Waals surface area contributed by atoms with E-state index in [1.165, 1.54) is 12.1 Å². The van der Waals surface area contributed by atoms with E-state index in [4.69, 9.17) is 0 Å². The normalized spacial score (nSPS) is 16.9. The SMILES string of the molecule is O=C(c1cccc(C(F)(F)F)c1)C1CNC1. The van der Waals surface area contributed by atoms with E-state index in [0.29, 0.717) is 13.1 Å². The zero-order chi connectivity index (χ0) is 11.8. The van der Waals surface area contributed by atoms with Crippen molar-refractivity contribution in [2.24, 2.45) is 5.92 Å². The highest BCUT2D eigenvalue weighted by atomic mass is 19.4. The average molecular weight is 229 g/mol. The Morgan fingerprint density at radius 3 is 2.50 bits per heavy atom. The Hall–Kier alpha value is -1.36. The molecule has 0 aliphatic carbocycles. The lowest BCUT2D eigenvalue weighted by Gasteiger charge is -2.25. The van der Waals surface area contributed by atoms with E-state index in [1.807, 2.05) is 0 Å². The summed E-state index contributed by atoms with van der Waals surface area (Å²) in [6.07, 6.45) is -4.39. The van der Waals surface area contributed by atoms with E-state index in [1.54, 1.807) is 0 Å². The van der Waals surface area contributed by atoms with Gasteiger partial charge in [-0.15, -0.1) is 0 Å². The summed E-state index contributed by atoms with van der Waals surface area (Å²) in [5, 5.41) is 2.91. The van der Waals surface area contributed by atoms with Crippen molar-refractivity contribution in [2.45, 2.75) is 6.18 Å². The number of ketones is 1. The number of alkyl halides is 3. The molecule has 0 atom stereocenters. The van der Waals surface area contributed by atoms with Gasteiger partial charge >= 0.3 is 6.18 Å². The van der Waals surface area contributed by atoms with Crippen molar-refractivity contribution in [2.75, 3.05) is 13.1 Å². The number of hydrogen-bond acceptors (Lipinski definition) is 2. The molecule has 1 fully saturated rings. The van der Waals surface area contributed by atoms with Crippen LogP contribution in [0.1, 0.15) is 15.9 Å². The molecule has 0 unspecified atom stereocenters. The quantitative estimate of drug-likeness (QED) is 0.787. The smallest absolute Gasteiger partial charge is 0.315 e. The number of Topliss-reactive ketones (excluding diaryl/α,β-unsaturated/α-hetero) is 1. The molecule has 0 bridgehead atoms. The molecule has 0 radical (unpaired) electrons. The van der Waals surface area contributed by atoms with Gasteiger partial charge in [0.2, 0.25) is 0 Å². The Balaban J connectivity index is 2.25. The Morgan fingerprint density at radius 2 is 2.00 bits per heavy atom. The molecule has 0 aromatic heterocycles. The van der Waals surface area contributed by atoms with E-state index < -0.39 is 11.7 Å². The summed E-state index contributed by atoms with van der Waals surface area (Å²) in [6.45, 7) is 1.10. The van der Waals surface area contributed by atoms with Crippen LogP contribution in [0, 0.1) is 5.92 Å². The van der Waals surface area contributed by atoms with Gasteiger partial charge in [0, 0.05) is 24.6 Å². The Labute approximate surface area is 90.5 Å². The summed E-state index contributed by atoms with van der Waals surface area (Å²) in [5.41, 5.74) is -0.632. The van der Waals surface area contributed by atoms with Crippen molar-refractivity contribution < 1.29 is 18.0 Å². The van der Waals surface area contributed by atoms with Gasteiger partial charge in [-0.3, -0.25) is 4.79 Å². The summed E-state index contributed by atoms with van der Waals surface area (Å²) >= 11 is 0. The molecule has 2 rings (SSSR count). The second-order valence-electron chi connectivity index (χ2n) is 3.80. The molecule has 1 aromatic carbocycles. The summed E-state index contributed by atoms with van der Waals surface area (Å²) in [7, 11) is 0. The molecule has 1 saturated heterocycles. The first kappa shape index (κ1) is 11.1. The van der Waals surface area contributed by atoms with Crippen LogP contribution in [-0.2, 0) is 6.18 Å². The van der Waals surface area contributed by atoms with Crippen molar-refractivity contribution >= 4 is 5.78 Å². The first-order valence-corrected chi connectivity index (χ1v) is 4.90. The van der Waals surface area contributed by atoms with Gasteiger partial charge < -0.3 is 5.32 Å². The summed E-state index contributed by atoms with van der Waals surface area (Å²) in [6, 6.07) is 4.58. The van der Waals surface area contributed by atoms with Gasteiger partial charge in [0.1, 0.15) is 0 Å². The number of hydrogen-bond donors (Lipinski definition) is 1. The predicted molar refractivity (Wildman–Crippen MR) is 52.1 cm³/mol. The van der Waals surface area contributed by atoms with Crippen LogP contribution in [0.5, 0.6) is 0 Å². The first-order valence-electron chi connectivity index (χ1n) is 4.90. The van der Waals surface area contributed by atoms with Crippen molar-refractivity contribution in [1.82, 2.24) is 5.32 Å². The molecule has 86 valence electrons. The lowest BCUT2D eigenvalue weighted by Crippen LogP contribution is -2.46. The highest BCUT2D eigenvalue weighted by Gasteiger charge is 2.32. The molecule has 16 heavy (non-hydrogen) atoms. The summed E-state index contributed by atoms with van der Waals surface area (Å²) in [4.78, 5) is 11.7. The highest BCUT2D eigenvalue weighted by Crippen LogP contribution is 2.30. The van der Waals surface area contributed by atoms with Crippen LogP contribution in [-0.4, -0.2) is 18.9 Å². The molecule has 1 heterocycles. The number of carbonyl (C=O) groups excluding carboxylic acids is 1. The maximum atomic E-state index is 12.4. The lowest BCUT2D eigenvalue weighted by molar-refractivity contribution is -0.137. The molecule has 0 saturated carbocycles. The minimum Gasteiger partial charge on any atom is -0.315 e. The van der Waals surface area contributed by atoms with Crippen LogP contribution in [0.3, 0.4) is 0 Å². The first-order chi connectivity index (χ1) is 7.48. The van der Waals surface area contributed by atoms with Crippen LogP contribution in [0.15, 0.2) is 24.3 Å². The van der Waals surface area contributed by atoms with E-state index in [-0.39, 0.29) is 17.3 Å². The number of benzene rings is 1. The molecule has 1 aliphatic heterocycles. The van der Waals surface area contributed by atoms with Gasteiger partial charge in [-0.05, 0) is 12.1 Å². The minimum absolute atomic E-state index is 0.140. The number of halogens is 3. The van der Waals surface area contributed by atoms with Gasteiger partial charge in [-0.2, -0.15) is 13.2 Å². The van der Waals surface area contributed by atoms with Gasteiger partial charge in [0.25, 0.3) is 0 Å². The van der Waals surface area contributed by atoms with Gasteiger partial charge in [0.05, 0.1) is 5.56 Å². The monoisotopic (exact) mass is 229 g/mol. The third-order valence-electron chi connectivity index (χ3n) is 2.63. The van der Waals surface area contributed by atoms with Crippen LogP contribution < -0.4 is 5.32 Å². The van der Waals surface area contributed by atoms with E-state index in [9.17, 15) is 18.0 Å². The van der Waals surface area contributed by atoms with Crippen LogP contribution in [0.2, 0.25) is 0 Å². The second kappa shape index (κ2) is 3.90. The summed E-state index contributed by atoms with van der Waals surface area (Å²) < 4.78 is 37.2. The molecule has 0 spiro atoms. The van der Waals surface area contributed by atoms with Gasteiger partial charge in [-0.1, -0.05) is 12.1 Å². The van der Waals surface area contributed by atoms with Gasteiger partial charge in [0.15, 0.2) is 5.78 Å². The fourth-order valence-electron chi connectivity index (χ4n) is 1.56. The molecule has 5 heteroatoms. The van der Waals surface area contributed by atoms with Crippen LogP contribution >= 0.6 is 0 Å². The molecule has 2 nitrogen and oxygen atoms in total. The third-order valence-corrected chi connectivity index (χ3v) is 2.63. The largest absolute Gasteiger partial charge is 0.416 e.